The average Bonchev–Trinajstić information content (AvgIpc) is 2.92. The van der Waals surface area contributed by atoms with Crippen molar-refractivity contribution < 1.29 is 17.6 Å². The van der Waals surface area contributed by atoms with Gasteiger partial charge in [-0.25, -0.2) is 12.8 Å². The van der Waals surface area contributed by atoms with Gasteiger partial charge >= 0.3 is 0 Å². The van der Waals surface area contributed by atoms with Crippen LogP contribution in [0, 0.1) is 17.1 Å². The highest BCUT2D eigenvalue weighted by atomic mass is 35.5. The van der Waals surface area contributed by atoms with Crippen LogP contribution in [0.4, 0.5) is 10.1 Å². The molecule has 1 aromatic heterocycles. The van der Waals surface area contributed by atoms with Gasteiger partial charge in [-0.15, -0.1) is 0 Å². The van der Waals surface area contributed by atoms with E-state index in [2.05, 4.69) is 11.1 Å². The summed E-state index contributed by atoms with van der Waals surface area (Å²) in [6.07, 6.45) is 3.72. The average molecular weight is 556 g/mol. The Hall–Kier alpha value is -3.26. The lowest BCUT2D eigenvalue weighted by Crippen LogP contribution is -2.50. The van der Waals surface area contributed by atoms with Crippen molar-refractivity contribution in [1.82, 2.24) is 14.2 Å². The van der Waals surface area contributed by atoms with Crippen molar-refractivity contribution >= 4 is 44.1 Å². The predicted octanol–water partition coefficient (Wildman–Crippen LogP) is 3.81. The minimum absolute atomic E-state index is 0.213. The van der Waals surface area contributed by atoms with Crippen LogP contribution >= 0.6 is 11.6 Å². The van der Waals surface area contributed by atoms with Crippen molar-refractivity contribution in [2.45, 2.75) is 18.3 Å². The molecule has 0 atom stereocenters. The fraction of sp³-hybridized carbons (Fsp3) is 0.370. The molecule has 0 spiro atoms. The summed E-state index contributed by atoms with van der Waals surface area (Å²) in [5.41, 5.74) is 1.70. The third kappa shape index (κ3) is 4.94. The summed E-state index contributed by atoms with van der Waals surface area (Å²) in [4.78, 5) is 21.8. The van der Waals surface area contributed by atoms with Gasteiger partial charge in [0.05, 0.1) is 34.5 Å². The summed E-state index contributed by atoms with van der Waals surface area (Å²) in [7, 11) is -3.34. The van der Waals surface area contributed by atoms with E-state index in [4.69, 9.17) is 11.6 Å². The van der Waals surface area contributed by atoms with Crippen LogP contribution in [0.25, 0.3) is 10.9 Å². The second kappa shape index (κ2) is 10.1. The van der Waals surface area contributed by atoms with Gasteiger partial charge in [0.15, 0.2) is 0 Å². The molecule has 0 unspecified atom stereocenters. The zero-order valence-electron chi connectivity index (χ0n) is 20.9. The molecule has 2 aliphatic rings. The van der Waals surface area contributed by atoms with Crippen molar-refractivity contribution in [1.29, 1.82) is 5.26 Å². The molecule has 2 aromatic carbocycles. The Bertz CT molecular complexity index is 1520. The molecular formula is C27H27ClFN5O3S. The largest absolute Gasteiger partial charge is 0.370 e. The molecule has 0 saturated carbocycles. The SMILES string of the molecule is CS(=O)(=O)N1CCN(C(=O)c2cnc3ccc(F)cc3c2N2CCC(C#N)(c3ccc(Cl)cc3)CC2)CC1. The minimum Gasteiger partial charge on any atom is -0.370 e. The topological polar surface area (TPSA) is 97.6 Å². The van der Waals surface area contributed by atoms with Gasteiger partial charge in [-0.1, -0.05) is 23.7 Å². The molecule has 0 radical (unpaired) electrons. The van der Waals surface area contributed by atoms with Crippen LogP contribution in [-0.2, 0) is 15.4 Å². The van der Waals surface area contributed by atoms with Gasteiger partial charge < -0.3 is 9.80 Å². The van der Waals surface area contributed by atoms with Gasteiger partial charge in [0.1, 0.15) is 5.82 Å². The highest BCUT2D eigenvalue weighted by Crippen LogP contribution is 2.40. The number of rotatable bonds is 4. The molecule has 2 saturated heterocycles. The normalized spacial score (nSPS) is 18.4. The molecule has 198 valence electrons. The number of benzene rings is 2. The van der Waals surface area contributed by atoms with Crippen molar-refractivity contribution in [2.24, 2.45) is 0 Å². The predicted molar refractivity (Wildman–Crippen MR) is 144 cm³/mol. The van der Waals surface area contributed by atoms with E-state index in [-0.39, 0.29) is 32.1 Å². The van der Waals surface area contributed by atoms with Crippen LogP contribution in [-0.4, -0.2) is 74.0 Å². The first kappa shape index (κ1) is 26.4. The monoisotopic (exact) mass is 555 g/mol. The Morgan fingerprint density at radius 1 is 1.05 bits per heavy atom. The Balaban J connectivity index is 1.48. The lowest BCUT2D eigenvalue weighted by atomic mass is 9.74. The van der Waals surface area contributed by atoms with E-state index in [1.807, 2.05) is 17.0 Å². The van der Waals surface area contributed by atoms with Gasteiger partial charge in [-0.05, 0) is 48.7 Å². The first-order valence-electron chi connectivity index (χ1n) is 12.4. The second-order valence-corrected chi connectivity index (χ2v) is 12.2. The maximum atomic E-state index is 14.4. The van der Waals surface area contributed by atoms with E-state index in [1.165, 1.54) is 22.6 Å². The second-order valence-electron chi connectivity index (χ2n) is 9.82. The molecule has 3 heterocycles. The molecule has 0 aliphatic carbocycles. The molecule has 5 rings (SSSR count). The Kier molecular flexibility index (Phi) is 7.03. The first-order chi connectivity index (χ1) is 18.1. The quantitative estimate of drug-likeness (QED) is 0.486. The van der Waals surface area contributed by atoms with Gasteiger partial charge in [0.25, 0.3) is 5.91 Å². The van der Waals surface area contributed by atoms with Crippen molar-refractivity contribution in [3.8, 4) is 6.07 Å². The molecule has 0 N–H and O–H groups in total. The van der Waals surface area contributed by atoms with Crippen LogP contribution in [0.15, 0.2) is 48.7 Å². The van der Waals surface area contributed by atoms with Crippen LogP contribution in [0.2, 0.25) is 5.02 Å². The van der Waals surface area contributed by atoms with E-state index in [1.54, 1.807) is 23.1 Å². The zero-order valence-corrected chi connectivity index (χ0v) is 22.5. The van der Waals surface area contributed by atoms with E-state index in [0.29, 0.717) is 53.1 Å². The molecule has 2 aliphatic heterocycles. The van der Waals surface area contributed by atoms with Gasteiger partial charge in [-0.3, -0.25) is 9.78 Å². The fourth-order valence-electron chi connectivity index (χ4n) is 5.39. The fourth-order valence-corrected chi connectivity index (χ4v) is 6.34. The number of sulfonamides is 1. The first-order valence-corrected chi connectivity index (χ1v) is 14.6. The van der Waals surface area contributed by atoms with Crippen molar-refractivity contribution in [2.75, 3.05) is 50.4 Å². The Labute approximate surface area is 226 Å². The number of amides is 1. The number of nitriles is 1. The number of aromatic nitrogens is 1. The van der Waals surface area contributed by atoms with Gasteiger partial charge in [0.2, 0.25) is 10.0 Å². The van der Waals surface area contributed by atoms with Gasteiger partial charge in [-0.2, -0.15) is 9.57 Å². The minimum atomic E-state index is -3.34. The van der Waals surface area contributed by atoms with Crippen LogP contribution < -0.4 is 4.90 Å². The van der Waals surface area contributed by atoms with Crippen LogP contribution in [0.1, 0.15) is 28.8 Å². The number of carbonyl (C=O) groups excluding carboxylic acids is 1. The number of fused-ring (bicyclic) bond motifs is 1. The van der Waals surface area contributed by atoms with E-state index < -0.39 is 21.3 Å². The highest BCUT2D eigenvalue weighted by Gasteiger charge is 2.38. The van der Waals surface area contributed by atoms with Gasteiger partial charge in [0, 0.05) is 55.9 Å². The number of anilines is 1. The van der Waals surface area contributed by atoms with Crippen molar-refractivity contribution in [3.63, 3.8) is 0 Å². The van der Waals surface area contributed by atoms with E-state index >= 15 is 0 Å². The molecule has 2 fully saturated rings. The summed E-state index contributed by atoms with van der Waals surface area (Å²) in [5.74, 6) is -0.710. The smallest absolute Gasteiger partial charge is 0.257 e. The van der Waals surface area contributed by atoms with Crippen LogP contribution in [0.5, 0.6) is 0 Å². The maximum absolute atomic E-state index is 14.4. The van der Waals surface area contributed by atoms with E-state index in [9.17, 15) is 22.9 Å². The third-order valence-corrected chi connectivity index (χ3v) is 9.13. The number of hydrogen-bond acceptors (Lipinski definition) is 6. The number of piperazine rings is 1. The number of nitrogens with zero attached hydrogens (tertiary/aromatic N) is 5. The standard InChI is InChI=1S/C27H27ClFN5O3S/c1-38(36,37)34-14-12-33(13-15-34)26(35)23-17-31-24-7-6-21(29)16-22(24)25(23)32-10-8-27(18-30,9-11-32)19-2-4-20(28)5-3-19/h2-7,16-17H,8-15H2,1H3. The van der Waals surface area contributed by atoms with Crippen molar-refractivity contribution in [3.05, 3.63) is 70.6 Å². The Morgan fingerprint density at radius 2 is 1.71 bits per heavy atom. The molecule has 8 nitrogen and oxygen atoms in total. The highest BCUT2D eigenvalue weighted by molar-refractivity contribution is 7.88. The summed E-state index contributed by atoms with van der Waals surface area (Å²) in [6, 6.07) is 14.1. The lowest BCUT2D eigenvalue weighted by Gasteiger charge is -2.40. The molecule has 0 bridgehead atoms. The summed E-state index contributed by atoms with van der Waals surface area (Å²) in [5, 5.41) is 11.3. The lowest BCUT2D eigenvalue weighted by molar-refractivity contribution is 0.0698. The number of piperidine rings is 1. The molecule has 38 heavy (non-hydrogen) atoms. The number of hydrogen-bond donors (Lipinski definition) is 0. The summed E-state index contributed by atoms with van der Waals surface area (Å²) < 4.78 is 39.6. The number of pyridine rings is 1. The maximum Gasteiger partial charge on any atom is 0.257 e. The number of carbonyl (C=O) groups is 1. The molecule has 11 heteroatoms. The molecule has 1 amide bonds. The van der Waals surface area contributed by atoms with Crippen LogP contribution in [0.3, 0.4) is 0 Å². The third-order valence-electron chi connectivity index (χ3n) is 7.57. The number of halogens is 2. The molecular weight excluding hydrogens is 529 g/mol. The Morgan fingerprint density at radius 3 is 2.32 bits per heavy atom. The molecule has 3 aromatic rings. The van der Waals surface area contributed by atoms with E-state index in [0.717, 1.165) is 11.8 Å². The zero-order chi connectivity index (χ0) is 27.1. The summed E-state index contributed by atoms with van der Waals surface area (Å²) >= 11 is 6.06. The summed E-state index contributed by atoms with van der Waals surface area (Å²) in [6.45, 7) is 1.89.